The van der Waals surface area contributed by atoms with Crippen LogP contribution in [0.1, 0.15) is 11.1 Å². The van der Waals surface area contributed by atoms with Crippen LogP contribution in [-0.4, -0.2) is 0 Å². The zero-order valence-electron chi connectivity index (χ0n) is 11.5. The third-order valence-electron chi connectivity index (χ3n) is 4.02. The van der Waals surface area contributed by atoms with Gasteiger partial charge in [-0.05, 0) is 29.7 Å². The molecule has 1 aliphatic rings. The Morgan fingerprint density at radius 2 is 1.70 bits per heavy atom. The number of hydrogen-bond donors (Lipinski definition) is 0. The molecular formula is C19H16N+. The van der Waals surface area contributed by atoms with Gasteiger partial charge in [-0.25, -0.2) is 0 Å². The number of benzene rings is 2. The van der Waals surface area contributed by atoms with E-state index in [1.54, 1.807) is 0 Å². The van der Waals surface area contributed by atoms with E-state index < -0.39 is 0 Å². The van der Waals surface area contributed by atoms with Crippen LogP contribution in [0.2, 0.25) is 0 Å². The molecule has 3 aromatic rings. The van der Waals surface area contributed by atoms with Gasteiger partial charge in [-0.15, -0.1) is 0 Å². The highest BCUT2D eigenvalue weighted by Gasteiger charge is 2.25. The lowest BCUT2D eigenvalue weighted by molar-refractivity contribution is -0.672. The number of aromatic nitrogens is 1. The Kier molecular flexibility index (Phi) is 2.46. The molecule has 20 heavy (non-hydrogen) atoms. The fourth-order valence-corrected chi connectivity index (χ4v) is 2.95. The highest BCUT2D eigenvalue weighted by molar-refractivity contribution is 5.73. The summed E-state index contributed by atoms with van der Waals surface area (Å²) in [4.78, 5) is 0. The van der Waals surface area contributed by atoms with Gasteiger partial charge in [0.25, 0.3) is 0 Å². The zero-order chi connectivity index (χ0) is 13.5. The molecule has 0 saturated carbocycles. The maximum Gasteiger partial charge on any atom is 0.213 e. The van der Waals surface area contributed by atoms with Crippen molar-refractivity contribution in [2.45, 2.75) is 13.5 Å². The van der Waals surface area contributed by atoms with Crippen molar-refractivity contribution < 1.29 is 4.57 Å². The fraction of sp³-hybridized carbons (Fsp3) is 0.105. The summed E-state index contributed by atoms with van der Waals surface area (Å²) < 4.78 is 2.33. The third kappa shape index (κ3) is 1.75. The molecule has 0 N–H and O–H groups in total. The number of nitrogens with zero attached hydrogens (tertiary/aromatic N) is 1. The van der Waals surface area contributed by atoms with E-state index >= 15 is 0 Å². The molecule has 2 aromatic carbocycles. The maximum atomic E-state index is 2.33. The highest BCUT2D eigenvalue weighted by atomic mass is 15.0. The maximum absolute atomic E-state index is 2.33. The lowest BCUT2D eigenvalue weighted by atomic mass is 9.99. The van der Waals surface area contributed by atoms with E-state index in [-0.39, 0.29) is 0 Å². The van der Waals surface area contributed by atoms with Gasteiger partial charge in [0.1, 0.15) is 0 Å². The average molecular weight is 258 g/mol. The monoisotopic (exact) mass is 258 g/mol. The summed E-state index contributed by atoms with van der Waals surface area (Å²) in [7, 11) is 0. The normalized spacial score (nSPS) is 12.1. The number of aryl methyl sites for hydroxylation is 1. The minimum Gasteiger partial charge on any atom is -0.194 e. The van der Waals surface area contributed by atoms with Crippen molar-refractivity contribution in [2.75, 3.05) is 0 Å². The first-order chi connectivity index (χ1) is 9.81. The minimum atomic E-state index is 0.986. The zero-order valence-corrected chi connectivity index (χ0v) is 11.5. The number of pyridine rings is 1. The second-order valence-corrected chi connectivity index (χ2v) is 5.46. The van der Waals surface area contributed by atoms with Crippen molar-refractivity contribution in [1.82, 2.24) is 0 Å². The first-order valence-corrected chi connectivity index (χ1v) is 7.00. The summed E-state index contributed by atoms with van der Waals surface area (Å²) in [5, 5.41) is 0. The standard InChI is InChI=1S/C19H16N/c1-14-9-10-20-13-17-8-7-16(12-18(17)19(20)11-14)15-5-3-2-4-6-15/h2-12H,13H2,1H3/q+1. The van der Waals surface area contributed by atoms with Crippen LogP contribution in [0.5, 0.6) is 0 Å². The van der Waals surface area contributed by atoms with Crippen molar-refractivity contribution in [2.24, 2.45) is 0 Å². The van der Waals surface area contributed by atoms with E-state index in [4.69, 9.17) is 0 Å². The lowest BCUT2D eigenvalue weighted by Gasteiger charge is -2.03. The number of rotatable bonds is 1. The molecule has 0 radical (unpaired) electrons. The van der Waals surface area contributed by atoms with Crippen LogP contribution >= 0.6 is 0 Å². The van der Waals surface area contributed by atoms with Crippen LogP contribution in [0, 0.1) is 6.92 Å². The quantitative estimate of drug-likeness (QED) is 0.455. The molecule has 1 nitrogen and oxygen atoms in total. The van der Waals surface area contributed by atoms with E-state index in [9.17, 15) is 0 Å². The SMILES string of the molecule is Cc1cc[n+]2c(c1)-c1cc(-c3ccccc3)ccc1C2. The van der Waals surface area contributed by atoms with E-state index in [0.717, 1.165) is 6.54 Å². The fourth-order valence-electron chi connectivity index (χ4n) is 2.95. The Balaban J connectivity index is 1.89. The van der Waals surface area contributed by atoms with Gasteiger partial charge in [0.2, 0.25) is 5.69 Å². The van der Waals surface area contributed by atoms with Crippen LogP contribution in [-0.2, 0) is 6.54 Å². The first-order valence-electron chi connectivity index (χ1n) is 7.00. The number of fused-ring (bicyclic) bond motifs is 3. The molecule has 0 aliphatic carbocycles. The van der Waals surface area contributed by atoms with Crippen molar-refractivity contribution in [1.29, 1.82) is 0 Å². The Morgan fingerprint density at radius 3 is 2.55 bits per heavy atom. The van der Waals surface area contributed by atoms with Crippen LogP contribution in [0.15, 0.2) is 66.9 Å². The van der Waals surface area contributed by atoms with Gasteiger partial charge in [-0.3, -0.25) is 0 Å². The summed E-state index contributed by atoms with van der Waals surface area (Å²) in [5.74, 6) is 0. The van der Waals surface area contributed by atoms with E-state index in [0.29, 0.717) is 0 Å². The molecule has 4 rings (SSSR count). The topological polar surface area (TPSA) is 3.88 Å². The molecule has 0 atom stereocenters. The largest absolute Gasteiger partial charge is 0.213 e. The third-order valence-corrected chi connectivity index (χ3v) is 4.02. The molecule has 0 fully saturated rings. The molecule has 0 amide bonds. The summed E-state index contributed by atoms with van der Waals surface area (Å²) in [5.41, 5.74) is 8.00. The molecule has 96 valence electrons. The molecule has 1 heteroatoms. The van der Waals surface area contributed by atoms with Gasteiger partial charge in [0.05, 0.1) is 5.56 Å². The summed E-state index contributed by atoms with van der Waals surface area (Å²) in [6.45, 7) is 3.14. The Morgan fingerprint density at radius 1 is 0.850 bits per heavy atom. The van der Waals surface area contributed by atoms with Gasteiger partial charge in [-0.2, -0.15) is 4.57 Å². The molecule has 1 aromatic heterocycles. The Bertz CT molecular complexity index is 788. The first kappa shape index (κ1) is 11.4. The molecule has 0 unspecified atom stereocenters. The number of hydrogen-bond acceptors (Lipinski definition) is 0. The molecule has 0 saturated heterocycles. The summed E-state index contributed by atoms with van der Waals surface area (Å²) in [6, 6.07) is 21.8. The van der Waals surface area contributed by atoms with Crippen molar-refractivity contribution in [3.05, 3.63) is 78.0 Å². The van der Waals surface area contributed by atoms with Crippen molar-refractivity contribution >= 4 is 0 Å². The molecular weight excluding hydrogens is 242 g/mol. The smallest absolute Gasteiger partial charge is 0.194 e. The minimum absolute atomic E-state index is 0.986. The summed E-state index contributed by atoms with van der Waals surface area (Å²) in [6.07, 6.45) is 2.19. The predicted octanol–water partition coefficient (Wildman–Crippen LogP) is 3.98. The molecule has 0 spiro atoms. The van der Waals surface area contributed by atoms with Crippen LogP contribution in [0.4, 0.5) is 0 Å². The van der Waals surface area contributed by atoms with Gasteiger partial charge in [-0.1, -0.05) is 42.5 Å². The highest BCUT2D eigenvalue weighted by Crippen LogP contribution is 2.31. The predicted molar refractivity (Wildman–Crippen MR) is 81.3 cm³/mol. The van der Waals surface area contributed by atoms with Crippen LogP contribution in [0.25, 0.3) is 22.4 Å². The van der Waals surface area contributed by atoms with Crippen molar-refractivity contribution in [3.63, 3.8) is 0 Å². The van der Waals surface area contributed by atoms with E-state index in [1.807, 2.05) is 0 Å². The molecule has 0 bridgehead atoms. The second-order valence-electron chi connectivity index (χ2n) is 5.46. The van der Waals surface area contributed by atoms with Crippen molar-refractivity contribution in [3.8, 4) is 22.4 Å². The molecule has 1 aliphatic heterocycles. The van der Waals surface area contributed by atoms with Gasteiger partial charge < -0.3 is 0 Å². The lowest BCUT2D eigenvalue weighted by Crippen LogP contribution is -2.31. The van der Waals surface area contributed by atoms with Gasteiger partial charge >= 0.3 is 0 Å². The van der Waals surface area contributed by atoms with Crippen LogP contribution in [0.3, 0.4) is 0 Å². The average Bonchev–Trinajstić information content (AvgIpc) is 2.85. The van der Waals surface area contributed by atoms with Gasteiger partial charge in [0, 0.05) is 17.7 Å². The Labute approximate surface area is 119 Å². The van der Waals surface area contributed by atoms with Crippen LogP contribution < -0.4 is 4.57 Å². The van der Waals surface area contributed by atoms with Gasteiger partial charge in [0.15, 0.2) is 12.7 Å². The van der Waals surface area contributed by atoms with E-state index in [1.165, 1.54) is 33.5 Å². The van der Waals surface area contributed by atoms with E-state index in [2.05, 4.69) is 78.4 Å². The second kappa shape index (κ2) is 4.31. The molecule has 2 heterocycles. The Hall–Kier alpha value is -2.41. The summed E-state index contributed by atoms with van der Waals surface area (Å²) >= 11 is 0.